The first-order valence-corrected chi connectivity index (χ1v) is 7.93. The summed E-state index contributed by atoms with van der Waals surface area (Å²) in [7, 11) is 0. The molecule has 0 spiro atoms. The molecule has 0 aliphatic carbocycles. The number of nitrogens with one attached hydrogen (secondary N) is 2. The van der Waals surface area contributed by atoms with Crippen molar-refractivity contribution in [2.75, 3.05) is 5.32 Å². The Morgan fingerprint density at radius 2 is 1.85 bits per heavy atom. The van der Waals surface area contributed by atoms with Crippen LogP contribution < -0.4 is 16.4 Å². The summed E-state index contributed by atoms with van der Waals surface area (Å²) in [5.74, 6) is -0.902. The van der Waals surface area contributed by atoms with Crippen LogP contribution in [0.25, 0.3) is 11.0 Å². The van der Waals surface area contributed by atoms with Gasteiger partial charge in [-0.25, -0.2) is 0 Å². The molecular weight excluding hydrogens is 387 g/mol. The van der Waals surface area contributed by atoms with Gasteiger partial charge in [0.15, 0.2) is 0 Å². The number of fused-ring (bicyclic) bond motifs is 1. The average Bonchev–Trinajstić information content (AvgIpc) is 2.59. The maximum absolute atomic E-state index is 13.1. The van der Waals surface area contributed by atoms with Crippen molar-refractivity contribution in [3.63, 3.8) is 0 Å². The minimum absolute atomic E-state index is 0.142. The summed E-state index contributed by atoms with van der Waals surface area (Å²) in [5, 5.41) is 1.97. The summed E-state index contributed by atoms with van der Waals surface area (Å²) in [6.45, 7) is -0.636. The fourth-order valence-corrected chi connectivity index (χ4v) is 2.74. The highest BCUT2D eigenvalue weighted by molar-refractivity contribution is 6.30. The second-order valence-corrected chi connectivity index (χ2v) is 6.03. The fraction of sp³-hybridized carbons (Fsp3) is 0.118. The minimum Gasteiger partial charge on any atom is -0.324 e. The Hall–Kier alpha value is -3.07. The second kappa shape index (κ2) is 6.92. The van der Waals surface area contributed by atoms with Gasteiger partial charge >= 0.3 is 17.3 Å². The van der Waals surface area contributed by atoms with Gasteiger partial charge < -0.3 is 10.3 Å². The number of carbonyl (C=O) groups excluding carboxylic acids is 1. The number of benzene rings is 2. The van der Waals surface area contributed by atoms with Crippen molar-refractivity contribution in [3.8, 4) is 0 Å². The number of para-hydroxylation sites is 2. The van der Waals surface area contributed by atoms with Gasteiger partial charge in [0.1, 0.15) is 6.54 Å². The Kier molecular flexibility index (Phi) is 4.79. The molecule has 0 unspecified atom stereocenters. The zero-order valence-electron chi connectivity index (χ0n) is 13.4. The molecule has 3 aromatic rings. The van der Waals surface area contributed by atoms with Crippen molar-refractivity contribution < 1.29 is 18.0 Å². The van der Waals surface area contributed by atoms with Gasteiger partial charge in [-0.05, 0) is 30.3 Å². The van der Waals surface area contributed by atoms with Crippen molar-refractivity contribution in [1.29, 1.82) is 0 Å². The molecule has 1 aromatic heterocycles. The number of anilines is 1. The first-order valence-electron chi connectivity index (χ1n) is 7.55. The largest absolute Gasteiger partial charge is 0.418 e. The van der Waals surface area contributed by atoms with E-state index in [2.05, 4.69) is 10.3 Å². The number of hydrogen-bond donors (Lipinski definition) is 2. The topological polar surface area (TPSA) is 84.0 Å². The third-order valence-electron chi connectivity index (χ3n) is 3.75. The van der Waals surface area contributed by atoms with E-state index in [4.69, 9.17) is 11.6 Å². The van der Waals surface area contributed by atoms with Crippen molar-refractivity contribution >= 4 is 34.2 Å². The first kappa shape index (κ1) is 18.7. The van der Waals surface area contributed by atoms with Crippen LogP contribution in [0.3, 0.4) is 0 Å². The maximum atomic E-state index is 13.1. The monoisotopic (exact) mass is 397 g/mol. The highest BCUT2D eigenvalue weighted by Gasteiger charge is 2.34. The van der Waals surface area contributed by atoms with E-state index in [1.54, 1.807) is 12.1 Å². The van der Waals surface area contributed by atoms with Crippen molar-refractivity contribution in [1.82, 2.24) is 9.55 Å². The fourth-order valence-electron chi connectivity index (χ4n) is 2.57. The molecule has 2 aromatic carbocycles. The summed E-state index contributed by atoms with van der Waals surface area (Å²) >= 11 is 5.60. The molecule has 0 aliphatic heterocycles. The lowest BCUT2D eigenvalue weighted by Gasteiger charge is -2.15. The molecule has 0 aliphatic rings. The van der Waals surface area contributed by atoms with Gasteiger partial charge in [0, 0.05) is 5.02 Å². The summed E-state index contributed by atoms with van der Waals surface area (Å²) in [5.41, 5.74) is -2.97. The number of rotatable bonds is 3. The number of H-pyrrole nitrogens is 1. The quantitative estimate of drug-likeness (QED) is 0.666. The van der Waals surface area contributed by atoms with Crippen LogP contribution in [0.2, 0.25) is 5.02 Å². The van der Waals surface area contributed by atoms with Crippen LogP contribution in [0, 0.1) is 0 Å². The van der Waals surface area contributed by atoms with E-state index >= 15 is 0 Å². The molecule has 1 heterocycles. The Morgan fingerprint density at radius 1 is 1.15 bits per heavy atom. The van der Waals surface area contributed by atoms with E-state index in [0.29, 0.717) is 11.6 Å². The number of alkyl halides is 3. The molecule has 6 nitrogen and oxygen atoms in total. The number of carbonyl (C=O) groups is 1. The first-order chi connectivity index (χ1) is 12.7. The Balaban J connectivity index is 1.97. The van der Waals surface area contributed by atoms with Gasteiger partial charge in [0.2, 0.25) is 5.91 Å². The summed E-state index contributed by atoms with van der Waals surface area (Å²) in [6.07, 6.45) is -4.74. The number of halogens is 4. The lowest BCUT2D eigenvalue weighted by atomic mass is 10.1. The number of aromatic nitrogens is 2. The van der Waals surface area contributed by atoms with Gasteiger partial charge in [-0.3, -0.25) is 19.0 Å². The lowest BCUT2D eigenvalue weighted by molar-refractivity contribution is -0.137. The summed E-state index contributed by atoms with van der Waals surface area (Å²) in [4.78, 5) is 38.5. The van der Waals surface area contributed by atoms with Crippen LogP contribution in [-0.2, 0) is 17.5 Å². The third kappa shape index (κ3) is 3.87. The summed E-state index contributed by atoms with van der Waals surface area (Å²) < 4.78 is 40.3. The van der Waals surface area contributed by atoms with Crippen molar-refractivity contribution in [2.45, 2.75) is 12.7 Å². The molecule has 2 N–H and O–H groups in total. The highest BCUT2D eigenvalue weighted by atomic mass is 35.5. The molecule has 0 saturated carbocycles. The summed E-state index contributed by atoms with van der Waals surface area (Å²) in [6, 6.07) is 9.15. The number of hydrogen-bond acceptors (Lipinski definition) is 3. The van der Waals surface area contributed by atoms with E-state index in [1.807, 2.05) is 0 Å². The highest BCUT2D eigenvalue weighted by Crippen LogP contribution is 2.36. The zero-order valence-corrected chi connectivity index (χ0v) is 14.2. The molecule has 3 rings (SSSR count). The Labute approximate surface area is 154 Å². The zero-order chi connectivity index (χ0) is 19.8. The predicted molar refractivity (Wildman–Crippen MR) is 93.9 cm³/mol. The van der Waals surface area contributed by atoms with Gasteiger partial charge in [-0.2, -0.15) is 13.2 Å². The molecular formula is C17H11ClF3N3O3. The van der Waals surface area contributed by atoms with Crippen LogP contribution in [0.15, 0.2) is 52.1 Å². The molecule has 140 valence electrons. The number of amides is 1. The smallest absolute Gasteiger partial charge is 0.324 e. The van der Waals surface area contributed by atoms with Crippen LogP contribution in [0.4, 0.5) is 18.9 Å². The van der Waals surface area contributed by atoms with Gasteiger partial charge in [0.25, 0.3) is 0 Å². The van der Waals surface area contributed by atoms with Crippen LogP contribution in [-0.4, -0.2) is 15.5 Å². The van der Waals surface area contributed by atoms with Crippen molar-refractivity contribution in [3.05, 3.63) is 73.8 Å². The number of aromatic amines is 1. The van der Waals surface area contributed by atoms with E-state index in [9.17, 15) is 27.6 Å². The Bertz CT molecular complexity index is 1150. The maximum Gasteiger partial charge on any atom is 0.418 e. The minimum atomic E-state index is -4.74. The van der Waals surface area contributed by atoms with Gasteiger partial charge in [0.05, 0.1) is 22.3 Å². The van der Waals surface area contributed by atoms with Crippen LogP contribution in [0.1, 0.15) is 5.56 Å². The molecule has 1 amide bonds. The Morgan fingerprint density at radius 3 is 2.56 bits per heavy atom. The van der Waals surface area contributed by atoms with Gasteiger partial charge in [-0.15, -0.1) is 0 Å². The lowest BCUT2D eigenvalue weighted by Crippen LogP contribution is -2.38. The SMILES string of the molecule is O=C(Cn1c(=O)c(=O)[nH]c2ccccc21)Nc1ccc(Cl)cc1C(F)(F)F. The standard InChI is InChI=1S/C17H11ClF3N3O3/c18-9-5-6-11(10(7-9)17(19,20)21)22-14(25)8-24-13-4-2-1-3-12(13)23-15(26)16(24)27/h1-7H,8H2,(H,22,25)(H,23,26). The third-order valence-corrected chi connectivity index (χ3v) is 3.98. The van der Waals surface area contributed by atoms with E-state index in [1.165, 1.54) is 18.2 Å². The average molecular weight is 398 g/mol. The van der Waals surface area contributed by atoms with Crippen LogP contribution >= 0.6 is 11.6 Å². The molecule has 0 saturated heterocycles. The van der Waals surface area contributed by atoms with E-state index in [0.717, 1.165) is 10.6 Å². The molecule has 0 atom stereocenters. The normalized spacial score (nSPS) is 11.6. The molecule has 27 heavy (non-hydrogen) atoms. The van der Waals surface area contributed by atoms with E-state index < -0.39 is 41.0 Å². The molecule has 0 fully saturated rings. The number of nitrogens with zero attached hydrogens (tertiary/aromatic N) is 1. The van der Waals surface area contributed by atoms with E-state index in [-0.39, 0.29) is 10.5 Å². The van der Waals surface area contributed by atoms with Crippen LogP contribution in [0.5, 0.6) is 0 Å². The molecule has 10 heteroatoms. The second-order valence-electron chi connectivity index (χ2n) is 5.60. The molecule has 0 bridgehead atoms. The van der Waals surface area contributed by atoms with Gasteiger partial charge in [-0.1, -0.05) is 23.7 Å². The molecule has 0 radical (unpaired) electrons. The predicted octanol–water partition coefficient (Wildman–Crippen LogP) is 3.00. The van der Waals surface area contributed by atoms with Crippen molar-refractivity contribution in [2.24, 2.45) is 0 Å².